The number of nitrogens with zero attached hydrogens (tertiary/aromatic N) is 3. The molecule has 2 rings (SSSR count). The van der Waals surface area contributed by atoms with Gasteiger partial charge in [-0.15, -0.1) is 0 Å². The van der Waals surface area contributed by atoms with Gasteiger partial charge in [0.05, 0.1) is 35.3 Å². The van der Waals surface area contributed by atoms with Gasteiger partial charge in [0.25, 0.3) is 0 Å². The first-order valence-corrected chi connectivity index (χ1v) is 5.61. The minimum atomic E-state index is 0.610. The van der Waals surface area contributed by atoms with Crippen molar-refractivity contribution in [2.45, 2.75) is 0 Å². The summed E-state index contributed by atoms with van der Waals surface area (Å²) < 4.78 is 0. The maximum absolute atomic E-state index is 8.68. The Morgan fingerprint density at radius 2 is 1.37 bits per heavy atom. The highest BCUT2D eigenvalue weighted by atomic mass is 14.9. The summed E-state index contributed by atoms with van der Waals surface area (Å²) >= 11 is 0. The Bertz CT molecular complexity index is 655. The second-order valence-electron chi connectivity index (χ2n) is 3.75. The lowest BCUT2D eigenvalue weighted by atomic mass is 10.2. The summed E-state index contributed by atoms with van der Waals surface area (Å²) in [5.41, 5.74) is 2.85. The summed E-state index contributed by atoms with van der Waals surface area (Å²) in [6.07, 6.45) is 1.57. The fourth-order valence-electron chi connectivity index (χ4n) is 1.44. The molecule has 0 aromatic heterocycles. The van der Waals surface area contributed by atoms with Gasteiger partial charge in [-0.1, -0.05) is 0 Å². The zero-order valence-electron chi connectivity index (χ0n) is 10.0. The van der Waals surface area contributed by atoms with Gasteiger partial charge in [-0.2, -0.15) is 10.5 Å². The zero-order valence-corrected chi connectivity index (χ0v) is 10.0. The lowest BCUT2D eigenvalue weighted by Crippen LogP contribution is -1.93. The monoisotopic (exact) mass is 246 g/mol. The van der Waals surface area contributed by atoms with Crippen LogP contribution in [0.2, 0.25) is 0 Å². The van der Waals surface area contributed by atoms with Crippen molar-refractivity contribution in [2.75, 3.05) is 5.32 Å². The molecular formula is C15H10N4. The van der Waals surface area contributed by atoms with Gasteiger partial charge in [0, 0.05) is 5.69 Å². The van der Waals surface area contributed by atoms with Crippen molar-refractivity contribution >= 4 is 17.7 Å². The van der Waals surface area contributed by atoms with Crippen LogP contribution in [0, 0.1) is 22.7 Å². The second kappa shape index (κ2) is 6.00. The predicted molar refractivity (Wildman–Crippen MR) is 74.1 cm³/mol. The minimum absolute atomic E-state index is 0.610. The van der Waals surface area contributed by atoms with Gasteiger partial charge >= 0.3 is 0 Å². The molecule has 90 valence electrons. The van der Waals surface area contributed by atoms with E-state index in [1.807, 2.05) is 12.1 Å². The van der Waals surface area contributed by atoms with Crippen LogP contribution in [0.25, 0.3) is 0 Å². The molecule has 4 heteroatoms. The average Bonchev–Trinajstić information content (AvgIpc) is 2.49. The summed E-state index contributed by atoms with van der Waals surface area (Å²) in [7, 11) is 0. The molecule has 0 heterocycles. The third-order valence-electron chi connectivity index (χ3n) is 2.46. The number of anilines is 1. The highest BCUT2D eigenvalue weighted by Crippen LogP contribution is 2.12. The summed E-state index contributed by atoms with van der Waals surface area (Å²) in [4.78, 5) is 4.21. The molecule has 0 fully saturated rings. The third-order valence-corrected chi connectivity index (χ3v) is 2.46. The van der Waals surface area contributed by atoms with E-state index in [-0.39, 0.29) is 0 Å². The van der Waals surface area contributed by atoms with Gasteiger partial charge in [0.1, 0.15) is 0 Å². The number of nitrogens with one attached hydrogen (secondary N) is 1. The molecule has 0 aliphatic carbocycles. The molecular weight excluding hydrogens is 236 g/mol. The highest BCUT2D eigenvalue weighted by molar-refractivity contribution is 5.78. The van der Waals surface area contributed by atoms with Crippen LogP contribution in [0.1, 0.15) is 11.1 Å². The molecule has 0 radical (unpaired) electrons. The molecule has 0 aliphatic rings. The van der Waals surface area contributed by atoms with Crippen LogP contribution in [-0.2, 0) is 0 Å². The second-order valence-corrected chi connectivity index (χ2v) is 3.75. The van der Waals surface area contributed by atoms with E-state index in [0.717, 1.165) is 11.4 Å². The van der Waals surface area contributed by atoms with Crippen LogP contribution >= 0.6 is 0 Å². The van der Waals surface area contributed by atoms with E-state index >= 15 is 0 Å². The fraction of sp³-hybridized carbons (Fsp3) is 0. The third kappa shape index (κ3) is 3.42. The lowest BCUT2D eigenvalue weighted by Gasteiger charge is -1.99. The predicted octanol–water partition coefficient (Wildman–Crippen LogP) is 3.20. The molecule has 0 saturated heterocycles. The van der Waals surface area contributed by atoms with Crippen molar-refractivity contribution in [1.29, 1.82) is 10.5 Å². The van der Waals surface area contributed by atoms with Crippen molar-refractivity contribution < 1.29 is 0 Å². The molecule has 0 atom stereocenters. The van der Waals surface area contributed by atoms with Crippen LogP contribution in [0.4, 0.5) is 11.4 Å². The van der Waals surface area contributed by atoms with E-state index in [2.05, 4.69) is 22.4 Å². The molecule has 4 nitrogen and oxygen atoms in total. The van der Waals surface area contributed by atoms with Gasteiger partial charge in [-0.05, 0) is 48.5 Å². The first-order chi connectivity index (χ1) is 9.31. The maximum atomic E-state index is 8.68. The standard InChI is InChI=1S/C15H10N4/c16-9-12-1-5-14(6-2-12)18-11-19-15-7-3-13(10-17)4-8-15/h1-8,11H,(H,18,19). The zero-order chi connectivity index (χ0) is 13.5. The maximum Gasteiger partial charge on any atom is 0.0991 e. The molecule has 19 heavy (non-hydrogen) atoms. The Hall–Kier alpha value is -3.11. The van der Waals surface area contributed by atoms with E-state index in [4.69, 9.17) is 10.5 Å². The number of benzene rings is 2. The summed E-state index contributed by atoms with van der Waals surface area (Å²) in [6, 6.07) is 18.2. The van der Waals surface area contributed by atoms with Crippen molar-refractivity contribution in [1.82, 2.24) is 0 Å². The highest BCUT2D eigenvalue weighted by Gasteiger charge is 1.92. The Kier molecular flexibility index (Phi) is 3.90. The topological polar surface area (TPSA) is 72.0 Å². The van der Waals surface area contributed by atoms with E-state index in [9.17, 15) is 0 Å². The molecule has 0 spiro atoms. The quantitative estimate of drug-likeness (QED) is 0.667. The van der Waals surface area contributed by atoms with Crippen molar-refractivity contribution in [3.8, 4) is 12.1 Å². The van der Waals surface area contributed by atoms with Crippen LogP contribution in [0.5, 0.6) is 0 Å². The van der Waals surface area contributed by atoms with E-state index < -0.39 is 0 Å². The van der Waals surface area contributed by atoms with Gasteiger partial charge < -0.3 is 5.32 Å². The van der Waals surface area contributed by atoms with E-state index in [0.29, 0.717) is 11.1 Å². The van der Waals surface area contributed by atoms with Crippen molar-refractivity contribution in [2.24, 2.45) is 4.99 Å². The Balaban J connectivity index is 1.99. The Morgan fingerprint density at radius 3 is 1.89 bits per heavy atom. The minimum Gasteiger partial charge on any atom is -0.346 e. The summed E-state index contributed by atoms with van der Waals surface area (Å²) in [5.74, 6) is 0. The average molecular weight is 246 g/mol. The first kappa shape index (κ1) is 12.3. The summed E-state index contributed by atoms with van der Waals surface area (Å²) in [6.45, 7) is 0. The van der Waals surface area contributed by atoms with Crippen LogP contribution in [-0.4, -0.2) is 6.34 Å². The SMILES string of the molecule is N#Cc1ccc(N=CNc2ccc(C#N)cc2)cc1. The van der Waals surface area contributed by atoms with Gasteiger partial charge in [-0.25, -0.2) is 4.99 Å². The molecule has 2 aromatic carbocycles. The smallest absolute Gasteiger partial charge is 0.0991 e. The molecule has 0 saturated carbocycles. The lowest BCUT2D eigenvalue weighted by molar-refractivity contribution is 1.46. The van der Waals surface area contributed by atoms with Crippen molar-refractivity contribution in [3.63, 3.8) is 0 Å². The van der Waals surface area contributed by atoms with E-state index in [1.165, 1.54) is 0 Å². The van der Waals surface area contributed by atoms with E-state index in [1.54, 1.807) is 42.7 Å². The Morgan fingerprint density at radius 1 is 0.842 bits per heavy atom. The first-order valence-electron chi connectivity index (χ1n) is 5.61. The van der Waals surface area contributed by atoms with Gasteiger partial charge in [0.2, 0.25) is 0 Å². The Labute approximate surface area is 111 Å². The van der Waals surface area contributed by atoms with Crippen LogP contribution in [0.3, 0.4) is 0 Å². The molecule has 0 unspecified atom stereocenters. The summed E-state index contributed by atoms with van der Waals surface area (Å²) in [5, 5.41) is 20.4. The van der Waals surface area contributed by atoms with Crippen LogP contribution < -0.4 is 5.32 Å². The normalized spacial score (nSPS) is 9.79. The number of rotatable bonds is 3. The number of hydrogen-bond donors (Lipinski definition) is 1. The molecule has 2 aromatic rings. The number of hydrogen-bond acceptors (Lipinski definition) is 3. The number of nitriles is 2. The van der Waals surface area contributed by atoms with Crippen LogP contribution in [0.15, 0.2) is 53.5 Å². The van der Waals surface area contributed by atoms with Gasteiger partial charge in [0.15, 0.2) is 0 Å². The number of aliphatic imine (C=N–C) groups is 1. The molecule has 0 bridgehead atoms. The van der Waals surface area contributed by atoms with Gasteiger partial charge in [-0.3, -0.25) is 0 Å². The van der Waals surface area contributed by atoms with Crippen molar-refractivity contribution in [3.05, 3.63) is 59.7 Å². The molecule has 0 amide bonds. The fourth-order valence-corrected chi connectivity index (χ4v) is 1.44. The largest absolute Gasteiger partial charge is 0.346 e. The molecule has 0 aliphatic heterocycles. The molecule has 1 N–H and O–H groups in total.